The van der Waals surface area contributed by atoms with E-state index in [1.54, 1.807) is 12.1 Å². The molecule has 8 nitrogen and oxygen atoms in total. The average molecular weight is 645 g/mol. The summed E-state index contributed by atoms with van der Waals surface area (Å²) in [6.45, 7) is 3.74. The number of aromatic carboxylic acids is 1. The first-order chi connectivity index (χ1) is 22.6. The predicted octanol–water partition coefficient (Wildman–Crippen LogP) is 7.40. The average Bonchev–Trinajstić information content (AvgIpc) is 3.68. The lowest BCUT2D eigenvalue weighted by Gasteiger charge is -2.33. The molecule has 0 spiro atoms. The maximum absolute atomic E-state index is 13.9. The molecule has 47 heavy (non-hydrogen) atoms. The van der Waals surface area contributed by atoms with Gasteiger partial charge < -0.3 is 14.7 Å². The number of fused-ring (bicyclic) bond motifs is 1. The van der Waals surface area contributed by atoms with Crippen molar-refractivity contribution in [2.75, 3.05) is 13.1 Å². The fraction of sp³-hybridized carbons (Fsp3) is 0.389. The molecular weight excluding hydrogens is 609 g/mol. The number of pyridine rings is 1. The zero-order valence-electron chi connectivity index (χ0n) is 26.0. The number of piperidine rings is 1. The molecule has 1 atom stereocenters. The highest BCUT2D eigenvalue weighted by atomic mass is 19.4. The van der Waals surface area contributed by atoms with Crippen LogP contribution in [0, 0.1) is 5.92 Å². The SMILES string of the molecule is CCc1cc(O[C@H]2CCc3cccc(-c4cccc(-n5ncc(C(=O)O)c5C(F)(F)F)n4)c32)ccc1C1CCN(C(=O)C2CC2)CC1. The van der Waals surface area contributed by atoms with Crippen molar-refractivity contribution >= 4 is 11.9 Å². The molecule has 0 bridgehead atoms. The van der Waals surface area contributed by atoms with E-state index < -0.39 is 23.4 Å². The second-order valence-electron chi connectivity index (χ2n) is 12.6. The second kappa shape index (κ2) is 12.2. The Bertz CT molecular complexity index is 1840. The minimum absolute atomic E-state index is 0.138. The number of halogens is 3. The van der Waals surface area contributed by atoms with Gasteiger partial charge in [0.15, 0.2) is 11.5 Å². The van der Waals surface area contributed by atoms with Crippen LogP contribution in [0.4, 0.5) is 13.2 Å². The third kappa shape index (κ3) is 5.99. The van der Waals surface area contributed by atoms with Crippen LogP contribution in [0.15, 0.2) is 60.8 Å². The van der Waals surface area contributed by atoms with Crippen molar-refractivity contribution in [3.8, 4) is 22.8 Å². The number of carboxylic acids is 1. The van der Waals surface area contributed by atoms with E-state index in [9.17, 15) is 27.9 Å². The first kappa shape index (κ1) is 31.0. The maximum Gasteiger partial charge on any atom is 0.434 e. The van der Waals surface area contributed by atoms with Crippen LogP contribution >= 0.6 is 0 Å². The summed E-state index contributed by atoms with van der Waals surface area (Å²) in [5.41, 5.74) is 3.42. The Hall–Kier alpha value is -4.67. The molecule has 1 aliphatic heterocycles. The Kier molecular flexibility index (Phi) is 8.01. The minimum Gasteiger partial charge on any atom is -0.486 e. The van der Waals surface area contributed by atoms with Gasteiger partial charge in [0.25, 0.3) is 0 Å². The Morgan fingerprint density at radius 2 is 1.77 bits per heavy atom. The van der Waals surface area contributed by atoms with Crippen molar-refractivity contribution in [2.45, 2.75) is 70.1 Å². The summed E-state index contributed by atoms with van der Waals surface area (Å²) in [6, 6.07) is 16.8. The number of rotatable bonds is 8. The minimum atomic E-state index is -4.95. The molecule has 4 aromatic rings. The molecule has 2 aromatic heterocycles. The number of carbonyl (C=O) groups is 2. The molecule has 1 saturated heterocycles. The molecule has 0 unspecified atom stereocenters. The predicted molar refractivity (Wildman–Crippen MR) is 168 cm³/mol. The van der Waals surface area contributed by atoms with Crippen LogP contribution in [-0.2, 0) is 23.8 Å². The van der Waals surface area contributed by atoms with Crippen molar-refractivity contribution in [3.05, 3.63) is 94.3 Å². The number of benzene rings is 2. The monoisotopic (exact) mass is 644 g/mol. The van der Waals surface area contributed by atoms with E-state index >= 15 is 0 Å². The fourth-order valence-electron chi connectivity index (χ4n) is 7.15. The highest BCUT2D eigenvalue weighted by Crippen LogP contribution is 2.42. The van der Waals surface area contributed by atoms with Gasteiger partial charge in [-0.3, -0.25) is 4.79 Å². The van der Waals surface area contributed by atoms with Gasteiger partial charge in [0.1, 0.15) is 17.4 Å². The summed E-state index contributed by atoms with van der Waals surface area (Å²) >= 11 is 0. The van der Waals surface area contributed by atoms with E-state index in [4.69, 9.17) is 4.74 Å². The third-order valence-electron chi connectivity index (χ3n) is 9.64. The largest absolute Gasteiger partial charge is 0.486 e. The van der Waals surface area contributed by atoms with Gasteiger partial charge in [0, 0.05) is 30.1 Å². The maximum atomic E-state index is 13.9. The van der Waals surface area contributed by atoms with Gasteiger partial charge in [0.05, 0.1) is 11.9 Å². The van der Waals surface area contributed by atoms with E-state index in [-0.39, 0.29) is 17.8 Å². The van der Waals surface area contributed by atoms with Crippen LogP contribution in [0.2, 0.25) is 0 Å². The summed E-state index contributed by atoms with van der Waals surface area (Å²) in [4.78, 5) is 30.6. The lowest BCUT2D eigenvalue weighted by atomic mass is 9.85. The molecule has 3 heterocycles. The molecule has 1 N–H and O–H groups in total. The van der Waals surface area contributed by atoms with Crippen LogP contribution in [0.5, 0.6) is 5.75 Å². The van der Waals surface area contributed by atoms with Crippen LogP contribution in [-0.4, -0.2) is 49.7 Å². The topological polar surface area (TPSA) is 97.6 Å². The van der Waals surface area contributed by atoms with Gasteiger partial charge in [-0.25, -0.2) is 14.5 Å². The van der Waals surface area contributed by atoms with E-state index in [1.807, 2.05) is 29.2 Å². The van der Waals surface area contributed by atoms with Gasteiger partial charge in [-0.15, -0.1) is 0 Å². The number of carboxylic acid groups (broad SMARTS) is 1. The summed E-state index contributed by atoms with van der Waals surface area (Å²) < 4.78 is 48.9. The van der Waals surface area contributed by atoms with Crippen LogP contribution in [0.1, 0.15) is 89.4 Å². The molecule has 244 valence electrons. The van der Waals surface area contributed by atoms with Crippen molar-refractivity contribution in [2.24, 2.45) is 5.92 Å². The standard InChI is InChI=1S/C36H35F3N4O4/c1-2-21-19-25(12-13-26(21)22-15-17-42(18-16-22)34(44)24-9-10-24)47-30-14-11-23-5-3-6-27(32(23)30)29-7-4-8-31(41-29)43-33(36(37,38)39)28(20-40-43)35(45)46/h3-8,12-13,19-20,22,24,30H,2,9-11,14-18H2,1H3,(H,45,46)/t30-/m0/s1. The van der Waals surface area contributed by atoms with Crippen molar-refractivity contribution in [1.29, 1.82) is 0 Å². The summed E-state index contributed by atoms with van der Waals surface area (Å²) in [6.07, 6.45) is 1.80. The second-order valence-corrected chi connectivity index (χ2v) is 12.6. The third-order valence-corrected chi connectivity index (χ3v) is 9.64. The molecule has 2 aromatic carbocycles. The molecule has 2 fully saturated rings. The summed E-state index contributed by atoms with van der Waals surface area (Å²) in [5, 5.41) is 13.1. The van der Waals surface area contributed by atoms with E-state index in [1.165, 1.54) is 17.2 Å². The summed E-state index contributed by atoms with van der Waals surface area (Å²) in [7, 11) is 0. The number of nitrogens with zero attached hydrogens (tertiary/aromatic N) is 4. The lowest BCUT2D eigenvalue weighted by Crippen LogP contribution is -2.38. The number of hydrogen-bond donors (Lipinski definition) is 1. The number of carbonyl (C=O) groups excluding carboxylic acids is 1. The van der Waals surface area contributed by atoms with Crippen LogP contribution in [0.25, 0.3) is 17.1 Å². The normalized spacial score (nSPS) is 18.3. The zero-order valence-corrected chi connectivity index (χ0v) is 26.0. The first-order valence-electron chi connectivity index (χ1n) is 16.2. The zero-order chi connectivity index (χ0) is 32.9. The number of aromatic nitrogens is 3. The van der Waals surface area contributed by atoms with Crippen molar-refractivity contribution in [3.63, 3.8) is 0 Å². The van der Waals surface area contributed by atoms with Crippen LogP contribution in [0.3, 0.4) is 0 Å². The lowest BCUT2D eigenvalue weighted by molar-refractivity contribution is -0.143. The molecule has 2 aliphatic carbocycles. The molecule has 11 heteroatoms. The van der Waals surface area contributed by atoms with Gasteiger partial charge in [-0.05, 0) is 91.8 Å². The smallest absolute Gasteiger partial charge is 0.434 e. The molecule has 1 saturated carbocycles. The quantitative estimate of drug-likeness (QED) is 0.215. The van der Waals surface area contributed by atoms with Gasteiger partial charge in [0.2, 0.25) is 5.91 Å². The molecule has 7 rings (SSSR count). The van der Waals surface area contributed by atoms with E-state index in [0.717, 1.165) is 80.5 Å². The number of alkyl halides is 3. The fourth-order valence-corrected chi connectivity index (χ4v) is 7.15. The molecule has 0 radical (unpaired) electrons. The number of likely N-dealkylation sites (tertiary alicyclic amines) is 1. The van der Waals surface area contributed by atoms with Gasteiger partial charge in [-0.1, -0.05) is 37.3 Å². The highest BCUT2D eigenvalue weighted by molar-refractivity contribution is 5.89. The number of ether oxygens (including phenoxy) is 1. The van der Waals surface area contributed by atoms with Crippen molar-refractivity contribution in [1.82, 2.24) is 19.7 Å². The van der Waals surface area contributed by atoms with Gasteiger partial charge in [-0.2, -0.15) is 18.3 Å². The van der Waals surface area contributed by atoms with Crippen LogP contribution < -0.4 is 4.74 Å². The highest BCUT2D eigenvalue weighted by Gasteiger charge is 2.41. The van der Waals surface area contributed by atoms with E-state index in [0.29, 0.717) is 28.4 Å². The molecule has 3 aliphatic rings. The first-order valence-corrected chi connectivity index (χ1v) is 16.2. The number of hydrogen-bond acceptors (Lipinski definition) is 5. The molecular formula is C36H35F3N4O4. The Labute approximate surface area is 270 Å². The molecule has 1 amide bonds. The number of amides is 1. The summed E-state index contributed by atoms with van der Waals surface area (Å²) in [5.74, 6) is -0.124. The van der Waals surface area contributed by atoms with Crippen molar-refractivity contribution < 1.29 is 32.6 Å². The van der Waals surface area contributed by atoms with E-state index in [2.05, 4.69) is 29.1 Å². The Morgan fingerprint density at radius 3 is 2.47 bits per heavy atom. The van der Waals surface area contributed by atoms with Gasteiger partial charge >= 0.3 is 12.1 Å². The number of aryl methyl sites for hydroxylation is 2. The Morgan fingerprint density at radius 1 is 1.00 bits per heavy atom. The Balaban J connectivity index is 1.14.